The van der Waals surface area contributed by atoms with Gasteiger partial charge in [-0.15, -0.1) is 0 Å². The van der Waals surface area contributed by atoms with E-state index in [4.69, 9.17) is 44.5 Å². The lowest BCUT2D eigenvalue weighted by Gasteiger charge is -2.16. The largest absolute Gasteiger partial charge is 0.487 e. The molecule has 0 saturated carbocycles. The van der Waals surface area contributed by atoms with E-state index in [0.717, 1.165) is 16.7 Å². The molecule has 5 rings (SSSR count). The smallest absolute Gasteiger partial charge is 0.267 e. The molecule has 0 aromatic heterocycles. The molecule has 0 N–H and O–H groups in total. The number of rotatable bonds is 8. The topological polar surface area (TPSA) is 41.9 Å². The van der Waals surface area contributed by atoms with Gasteiger partial charge in [0.05, 0.1) is 23.0 Å². The van der Waals surface area contributed by atoms with Crippen LogP contribution in [0.1, 0.15) is 22.3 Å². The molecule has 0 aliphatic carbocycles. The van der Waals surface area contributed by atoms with Crippen LogP contribution < -0.4 is 4.74 Å². The fourth-order valence-electron chi connectivity index (χ4n) is 4.04. The fourth-order valence-corrected chi connectivity index (χ4v) is 5.78. The number of amidine groups is 1. The molecular formula is C31H23Cl3N2O2S. The maximum Gasteiger partial charge on any atom is 0.267 e. The van der Waals surface area contributed by atoms with E-state index in [1.54, 1.807) is 29.2 Å². The molecule has 39 heavy (non-hydrogen) atoms. The Kier molecular flexibility index (Phi) is 8.95. The van der Waals surface area contributed by atoms with Gasteiger partial charge in [-0.05, 0) is 58.8 Å². The highest BCUT2D eigenvalue weighted by Gasteiger charge is 2.33. The summed E-state index contributed by atoms with van der Waals surface area (Å²) in [7, 11) is 0. The van der Waals surface area contributed by atoms with Crippen LogP contribution >= 0.6 is 46.6 Å². The van der Waals surface area contributed by atoms with Crippen molar-refractivity contribution in [3.8, 4) is 5.75 Å². The molecule has 0 spiro atoms. The molecule has 4 nitrogen and oxygen atoms in total. The van der Waals surface area contributed by atoms with Gasteiger partial charge < -0.3 is 4.74 Å². The molecule has 4 aromatic carbocycles. The van der Waals surface area contributed by atoms with Gasteiger partial charge in [0.1, 0.15) is 12.4 Å². The number of benzene rings is 4. The van der Waals surface area contributed by atoms with Gasteiger partial charge in [0.25, 0.3) is 5.91 Å². The second-order valence-electron chi connectivity index (χ2n) is 8.80. The second kappa shape index (κ2) is 12.8. The zero-order chi connectivity index (χ0) is 27.2. The molecule has 8 heteroatoms. The normalized spacial score (nSPS) is 15.4. The van der Waals surface area contributed by atoms with E-state index in [1.165, 1.54) is 11.8 Å². The van der Waals surface area contributed by atoms with Crippen molar-refractivity contribution < 1.29 is 9.53 Å². The van der Waals surface area contributed by atoms with Crippen molar-refractivity contribution in [3.05, 3.63) is 139 Å². The first kappa shape index (κ1) is 27.4. The summed E-state index contributed by atoms with van der Waals surface area (Å²) >= 11 is 20.3. The third-order valence-corrected chi connectivity index (χ3v) is 7.69. The quantitative estimate of drug-likeness (QED) is 0.192. The van der Waals surface area contributed by atoms with Gasteiger partial charge in [-0.3, -0.25) is 14.7 Å². The minimum atomic E-state index is -0.146. The van der Waals surface area contributed by atoms with Gasteiger partial charge in [-0.1, -0.05) is 108 Å². The van der Waals surface area contributed by atoms with Crippen molar-refractivity contribution in [1.82, 2.24) is 4.90 Å². The summed E-state index contributed by atoms with van der Waals surface area (Å²) in [5.41, 5.74) is 3.57. The van der Waals surface area contributed by atoms with E-state index >= 15 is 0 Å². The Morgan fingerprint density at radius 1 is 0.795 bits per heavy atom. The number of nitrogens with zero attached hydrogens (tertiary/aromatic N) is 2. The molecule has 1 amide bonds. The van der Waals surface area contributed by atoms with Gasteiger partial charge >= 0.3 is 0 Å². The van der Waals surface area contributed by atoms with E-state index in [-0.39, 0.29) is 12.5 Å². The number of thioether (sulfide) groups is 1. The lowest BCUT2D eigenvalue weighted by Crippen LogP contribution is -2.28. The molecule has 0 atom stereocenters. The van der Waals surface area contributed by atoms with Gasteiger partial charge in [-0.2, -0.15) is 0 Å². The molecule has 1 heterocycles. The van der Waals surface area contributed by atoms with E-state index in [2.05, 4.69) is 0 Å². The van der Waals surface area contributed by atoms with Crippen molar-refractivity contribution >= 4 is 63.7 Å². The van der Waals surface area contributed by atoms with Crippen LogP contribution in [-0.4, -0.2) is 16.0 Å². The maximum atomic E-state index is 13.7. The monoisotopic (exact) mass is 592 g/mol. The van der Waals surface area contributed by atoms with Crippen molar-refractivity contribution in [3.63, 3.8) is 0 Å². The van der Waals surface area contributed by atoms with E-state index < -0.39 is 0 Å². The van der Waals surface area contributed by atoms with Crippen LogP contribution in [0.3, 0.4) is 0 Å². The summed E-state index contributed by atoms with van der Waals surface area (Å²) < 4.78 is 6.11. The number of halogens is 3. The predicted molar refractivity (Wildman–Crippen MR) is 162 cm³/mol. The summed E-state index contributed by atoms with van der Waals surface area (Å²) in [6.07, 6.45) is 1.76. The Morgan fingerprint density at radius 2 is 1.49 bits per heavy atom. The molecule has 196 valence electrons. The first-order chi connectivity index (χ1) is 19.0. The second-order valence-corrected chi connectivity index (χ2v) is 11.1. The van der Waals surface area contributed by atoms with Crippen LogP contribution in [0, 0.1) is 0 Å². The predicted octanol–water partition coefficient (Wildman–Crippen LogP) is 8.90. The van der Waals surface area contributed by atoms with E-state index in [0.29, 0.717) is 49.5 Å². The number of carbonyl (C=O) groups excluding carboxylic acids is 1. The average Bonchev–Trinajstić information content (AvgIpc) is 3.21. The Bertz CT molecular complexity index is 1540. The third-order valence-electron chi connectivity index (χ3n) is 5.91. The zero-order valence-corrected chi connectivity index (χ0v) is 23.8. The summed E-state index contributed by atoms with van der Waals surface area (Å²) in [6, 6.07) is 30.6. The van der Waals surface area contributed by atoms with Gasteiger partial charge in [-0.25, -0.2) is 0 Å². The number of ether oxygens (including phenoxy) is 1. The first-order valence-electron chi connectivity index (χ1n) is 12.2. The Balaban J connectivity index is 1.46. The van der Waals surface area contributed by atoms with Crippen molar-refractivity contribution in [2.24, 2.45) is 4.99 Å². The minimum absolute atomic E-state index is 0.146. The lowest BCUT2D eigenvalue weighted by atomic mass is 10.1. The highest BCUT2D eigenvalue weighted by molar-refractivity contribution is 8.18. The molecule has 1 fully saturated rings. The third kappa shape index (κ3) is 7.06. The van der Waals surface area contributed by atoms with E-state index in [1.807, 2.05) is 78.9 Å². The molecule has 0 bridgehead atoms. The maximum absolute atomic E-state index is 13.7. The molecular weight excluding hydrogens is 571 g/mol. The summed E-state index contributed by atoms with van der Waals surface area (Å²) in [4.78, 5) is 20.7. The number of amides is 1. The standard InChI is InChI=1S/C31H23Cl3N2O2S/c32-25-13-7-12-23(14-25)20-38-29-24(15-26(33)17-27(29)34)16-28-30(37)36(19-22-10-5-2-6-11-22)31(39-28)35-18-21-8-3-1-4-9-21/h1-17H,18-20H2/b28-16+,35-31?. The molecule has 1 aliphatic heterocycles. The van der Waals surface area contributed by atoms with Crippen LogP contribution in [0.15, 0.2) is 107 Å². The van der Waals surface area contributed by atoms with Crippen LogP contribution in [0.2, 0.25) is 15.1 Å². The molecule has 1 saturated heterocycles. The Labute approximate surface area is 246 Å². The van der Waals surface area contributed by atoms with Crippen LogP contribution in [0.4, 0.5) is 0 Å². The fraction of sp³-hybridized carbons (Fsp3) is 0.0968. The number of hydrogen-bond donors (Lipinski definition) is 0. The lowest BCUT2D eigenvalue weighted by molar-refractivity contribution is -0.122. The first-order valence-corrected chi connectivity index (χ1v) is 14.1. The highest BCUT2D eigenvalue weighted by atomic mass is 35.5. The SMILES string of the molecule is O=C1/C(=C\c2cc(Cl)cc(Cl)c2OCc2cccc(Cl)c2)SC(=NCc2ccccc2)N1Cc1ccccc1. The van der Waals surface area contributed by atoms with Gasteiger partial charge in [0.15, 0.2) is 5.17 Å². The molecule has 0 radical (unpaired) electrons. The molecule has 1 aliphatic rings. The number of hydrogen-bond acceptors (Lipinski definition) is 4. The zero-order valence-electron chi connectivity index (χ0n) is 20.7. The number of carbonyl (C=O) groups is 1. The van der Waals surface area contributed by atoms with Crippen LogP contribution in [0.25, 0.3) is 6.08 Å². The summed E-state index contributed by atoms with van der Waals surface area (Å²) in [6.45, 7) is 1.13. The average molecular weight is 594 g/mol. The van der Waals surface area contributed by atoms with Gasteiger partial charge in [0, 0.05) is 15.6 Å². The van der Waals surface area contributed by atoms with Crippen molar-refractivity contribution in [1.29, 1.82) is 0 Å². The minimum Gasteiger partial charge on any atom is -0.487 e. The van der Waals surface area contributed by atoms with Crippen LogP contribution in [0.5, 0.6) is 5.75 Å². The van der Waals surface area contributed by atoms with Crippen molar-refractivity contribution in [2.45, 2.75) is 19.7 Å². The molecule has 4 aromatic rings. The number of aliphatic imine (C=N–C) groups is 1. The van der Waals surface area contributed by atoms with E-state index in [9.17, 15) is 4.79 Å². The van der Waals surface area contributed by atoms with Gasteiger partial charge in [0.2, 0.25) is 0 Å². The Morgan fingerprint density at radius 3 is 2.21 bits per heavy atom. The highest BCUT2D eigenvalue weighted by Crippen LogP contribution is 2.39. The summed E-state index contributed by atoms with van der Waals surface area (Å²) in [5, 5.41) is 2.05. The molecule has 0 unspecified atom stereocenters. The van der Waals surface area contributed by atoms with Crippen molar-refractivity contribution in [2.75, 3.05) is 0 Å². The Hall–Kier alpha value is -3.22. The van der Waals surface area contributed by atoms with Crippen LogP contribution in [-0.2, 0) is 24.5 Å². The summed E-state index contributed by atoms with van der Waals surface area (Å²) in [5.74, 6) is 0.291.